The summed E-state index contributed by atoms with van der Waals surface area (Å²) in [7, 11) is -4.06. The maximum atomic E-state index is 13.3. The molecule has 0 N–H and O–H groups in total. The van der Waals surface area contributed by atoms with Gasteiger partial charge in [-0.05, 0) is 12.1 Å². The summed E-state index contributed by atoms with van der Waals surface area (Å²) < 4.78 is 76.0. The van der Waals surface area contributed by atoms with E-state index in [9.17, 15) is 45.6 Å². The molecule has 0 spiro atoms. The van der Waals surface area contributed by atoms with Crippen molar-refractivity contribution in [1.82, 2.24) is 0 Å². The zero-order valence-corrected chi connectivity index (χ0v) is 20.6. The molecule has 1 aliphatic carbocycles. The van der Waals surface area contributed by atoms with E-state index < -0.39 is 104 Å². The van der Waals surface area contributed by atoms with Crippen molar-refractivity contribution in [2.24, 2.45) is 5.92 Å². The number of benzene rings is 1. The first kappa shape index (κ1) is 29.4. The summed E-state index contributed by atoms with van der Waals surface area (Å²) in [5.74, 6) is -7.53. The number of hydrogen-bond acceptors (Lipinski definition) is 10. The van der Waals surface area contributed by atoms with E-state index in [2.05, 4.69) is 4.74 Å². The highest BCUT2D eigenvalue weighted by Crippen LogP contribution is 2.33. The first-order valence-corrected chi connectivity index (χ1v) is 12.3. The summed E-state index contributed by atoms with van der Waals surface area (Å²) >= 11 is 6.18. The van der Waals surface area contributed by atoms with E-state index in [0.29, 0.717) is 0 Å². The van der Waals surface area contributed by atoms with Crippen molar-refractivity contribution in [3.05, 3.63) is 28.3 Å². The van der Waals surface area contributed by atoms with Crippen molar-refractivity contribution < 1.29 is 59.8 Å². The Hall–Kier alpha value is -2.84. The van der Waals surface area contributed by atoms with Crippen LogP contribution in [0.1, 0.15) is 36.2 Å². The highest BCUT2D eigenvalue weighted by Gasteiger charge is 2.50. The third kappa shape index (κ3) is 7.11. The highest BCUT2D eigenvalue weighted by molar-refractivity contribution is 7.90. The van der Waals surface area contributed by atoms with Crippen molar-refractivity contribution >= 4 is 50.7 Å². The molecule has 0 bridgehead atoms. The summed E-state index contributed by atoms with van der Waals surface area (Å²) in [6.45, 7) is -0.788. The number of ketones is 3. The molecule has 1 saturated carbocycles. The monoisotopic (exact) mass is 556 g/mol. The summed E-state index contributed by atoms with van der Waals surface area (Å²) in [5, 5.41) is -0.663. The maximum Gasteiger partial charge on any atom is 0.411 e. The Morgan fingerprint density at radius 2 is 1.53 bits per heavy atom. The zero-order valence-electron chi connectivity index (χ0n) is 19.0. The lowest BCUT2D eigenvalue weighted by Crippen LogP contribution is -2.52. The Labute approximate surface area is 207 Å². The Morgan fingerprint density at radius 1 is 1.03 bits per heavy atom. The van der Waals surface area contributed by atoms with Gasteiger partial charge in [0.2, 0.25) is 0 Å². The Kier molecular flexibility index (Phi) is 9.02. The number of hydrogen-bond donors (Lipinski definition) is 0. The number of ether oxygens (including phenoxy) is 3. The van der Waals surface area contributed by atoms with Gasteiger partial charge in [-0.2, -0.15) is 13.2 Å². The van der Waals surface area contributed by atoms with Gasteiger partial charge in [-0.1, -0.05) is 11.6 Å². The number of carbonyl (C=O) groups excluding carboxylic acids is 5. The number of carbonyl (C=O) groups is 5. The molecule has 0 saturated heterocycles. The van der Waals surface area contributed by atoms with Crippen molar-refractivity contribution in [1.29, 1.82) is 0 Å². The van der Waals surface area contributed by atoms with Crippen LogP contribution in [-0.2, 0) is 49.8 Å². The van der Waals surface area contributed by atoms with Gasteiger partial charge in [0, 0.05) is 37.7 Å². The van der Waals surface area contributed by atoms with E-state index in [-0.39, 0.29) is 0 Å². The van der Waals surface area contributed by atoms with Gasteiger partial charge in [0.1, 0.15) is 12.5 Å². The van der Waals surface area contributed by atoms with Crippen LogP contribution in [0, 0.1) is 5.92 Å². The van der Waals surface area contributed by atoms with Crippen molar-refractivity contribution in [2.75, 3.05) is 12.9 Å². The van der Waals surface area contributed by atoms with Crippen LogP contribution in [0.3, 0.4) is 0 Å². The second-order valence-electron chi connectivity index (χ2n) is 7.82. The van der Waals surface area contributed by atoms with Gasteiger partial charge >= 0.3 is 18.1 Å². The molecular weight excluding hydrogens is 537 g/mol. The minimum atomic E-state index is -4.75. The SMILES string of the molecule is CC(=O)OC1CC(OC(C)=O)C(=O)C(C(=O)c2ccc(S(C)(=O)=O)c(COCC(F)(F)F)c2Cl)C1=O. The van der Waals surface area contributed by atoms with E-state index in [0.717, 1.165) is 32.2 Å². The zero-order chi connectivity index (χ0) is 27.6. The molecule has 0 radical (unpaired) electrons. The van der Waals surface area contributed by atoms with Crippen LogP contribution in [0.5, 0.6) is 0 Å². The van der Waals surface area contributed by atoms with E-state index in [4.69, 9.17) is 21.1 Å². The normalized spacial score (nSPS) is 20.7. The Balaban J connectivity index is 2.55. The van der Waals surface area contributed by atoms with Crippen LogP contribution in [0.4, 0.5) is 13.2 Å². The second-order valence-corrected chi connectivity index (χ2v) is 10.2. The van der Waals surface area contributed by atoms with Gasteiger partial charge in [0.25, 0.3) is 0 Å². The fraction of sp³-hybridized carbons (Fsp3) is 0.476. The number of Topliss-reactive ketones (excluding diaryl/α,β-unsaturated/α-hetero) is 3. The summed E-state index contributed by atoms with van der Waals surface area (Å²) in [6, 6.07) is 1.75. The number of halogens is 4. The van der Waals surface area contributed by atoms with Gasteiger partial charge in [0.15, 0.2) is 39.4 Å². The minimum Gasteiger partial charge on any atom is -0.454 e. The van der Waals surface area contributed by atoms with Crippen LogP contribution in [0.15, 0.2) is 17.0 Å². The predicted molar refractivity (Wildman–Crippen MR) is 114 cm³/mol. The third-order valence-electron chi connectivity index (χ3n) is 4.89. The quantitative estimate of drug-likeness (QED) is 0.264. The lowest BCUT2D eigenvalue weighted by atomic mass is 9.78. The number of alkyl halides is 3. The lowest BCUT2D eigenvalue weighted by Gasteiger charge is -2.31. The molecule has 2 rings (SSSR count). The lowest BCUT2D eigenvalue weighted by molar-refractivity contribution is -0.176. The van der Waals surface area contributed by atoms with Gasteiger partial charge in [0.05, 0.1) is 16.5 Å². The molecule has 1 fully saturated rings. The van der Waals surface area contributed by atoms with Crippen LogP contribution in [-0.4, -0.2) is 69.0 Å². The highest BCUT2D eigenvalue weighted by atomic mass is 35.5. The molecule has 0 aliphatic heterocycles. The summed E-state index contributed by atoms with van der Waals surface area (Å²) in [5.41, 5.74) is -1.08. The number of esters is 2. The average molecular weight is 557 g/mol. The van der Waals surface area contributed by atoms with E-state index in [1.54, 1.807) is 0 Å². The molecular formula is C21H20ClF3O10S. The average Bonchev–Trinajstić information content (AvgIpc) is 2.70. The molecule has 2 atom stereocenters. The third-order valence-corrected chi connectivity index (χ3v) is 6.50. The van der Waals surface area contributed by atoms with Gasteiger partial charge in [-0.3, -0.25) is 24.0 Å². The fourth-order valence-corrected chi connectivity index (χ4v) is 4.80. The molecule has 1 aliphatic rings. The molecule has 0 amide bonds. The molecule has 1 aromatic carbocycles. The summed E-state index contributed by atoms with van der Waals surface area (Å²) in [6.07, 6.45) is -7.78. The topological polar surface area (TPSA) is 147 Å². The van der Waals surface area contributed by atoms with E-state index in [1.807, 2.05) is 0 Å². The van der Waals surface area contributed by atoms with Crippen molar-refractivity contribution in [3.63, 3.8) is 0 Å². The van der Waals surface area contributed by atoms with Gasteiger partial charge in [-0.25, -0.2) is 8.42 Å². The first-order valence-electron chi connectivity index (χ1n) is 10.1. The largest absolute Gasteiger partial charge is 0.454 e. The van der Waals surface area contributed by atoms with Crippen molar-refractivity contribution in [3.8, 4) is 0 Å². The minimum absolute atomic E-state index is 0.502. The standard InChI is InChI=1S/C21H20ClF3O10S/c1-9(26)34-13-6-14(35-10(2)27)20(30)16(19(13)29)18(28)11-4-5-15(36(3,31)32)12(17(11)22)7-33-8-21(23,24)25/h4-5,13-14,16H,6-8H2,1-3H3. The van der Waals surface area contributed by atoms with Gasteiger partial charge in [-0.15, -0.1) is 0 Å². The van der Waals surface area contributed by atoms with Gasteiger partial charge < -0.3 is 14.2 Å². The molecule has 2 unspecified atom stereocenters. The molecule has 0 heterocycles. The smallest absolute Gasteiger partial charge is 0.411 e. The fourth-order valence-electron chi connectivity index (χ4n) is 3.51. The van der Waals surface area contributed by atoms with E-state index >= 15 is 0 Å². The predicted octanol–water partition coefficient (Wildman–Crippen LogP) is 2.03. The Morgan fingerprint density at radius 3 is 1.94 bits per heavy atom. The Bertz CT molecular complexity index is 1180. The first-order chi connectivity index (χ1) is 16.4. The van der Waals surface area contributed by atoms with Crippen LogP contribution in [0.2, 0.25) is 5.02 Å². The molecule has 0 aromatic heterocycles. The maximum absolute atomic E-state index is 13.3. The van der Waals surface area contributed by atoms with E-state index in [1.165, 1.54) is 0 Å². The molecule has 10 nitrogen and oxygen atoms in total. The van der Waals surface area contributed by atoms with Crippen molar-refractivity contribution in [2.45, 2.75) is 50.2 Å². The number of rotatable bonds is 8. The van der Waals surface area contributed by atoms with Crippen LogP contribution < -0.4 is 0 Å². The summed E-state index contributed by atoms with van der Waals surface area (Å²) in [4.78, 5) is 61.3. The van der Waals surface area contributed by atoms with Crippen LogP contribution >= 0.6 is 11.6 Å². The molecule has 15 heteroatoms. The molecule has 1 aromatic rings. The molecule has 36 heavy (non-hydrogen) atoms. The molecule has 198 valence electrons. The van der Waals surface area contributed by atoms with Crippen LogP contribution in [0.25, 0.3) is 0 Å². The second kappa shape index (κ2) is 11.0. The number of sulfone groups is 1.